The van der Waals surface area contributed by atoms with Gasteiger partial charge < -0.3 is 5.73 Å². The number of rotatable bonds is 1. The highest BCUT2D eigenvalue weighted by Gasteiger charge is 2.10. The molecule has 0 radical (unpaired) electrons. The van der Waals surface area contributed by atoms with Crippen LogP contribution < -0.4 is 5.73 Å². The van der Waals surface area contributed by atoms with Gasteiger partial charge in [-0.3, -0.25) is 0 Å². The summed E-state index contributed by atoms with van der Waals surface area (Å²) in [5, 5.41) is 0. The Hall–Kier alpha value is -0.980. The van der Waals surface area contributed by atoms with Gasteiger partial charge in [-0.25, -0.2) is 0 Å². The van der Waals surface area contributed by atoms with E-state index in [1.54, 1.807) is 0 Å². The van der Waals surface area contributed by atoms with E-state index >= 15 is 0 Å². The van der Waals surface area contributed by atoms with Gasteiger partial charge in [-0.1, -0.05) is 6.92 Å². The minimum Gasteiger partial charge on any atom is -0.398 e. The average molecular weight is 177 g/mol. The van der Waals surface area contributed by atoms with Crippen molar-refractivity contribution in [2.45, 2.75) is 41.0 Å². The molecule has 0 bridgehead atoms. The Balaban J connectivity index is 3.56. The van der Waals surface area contributed by atoms with Gasteiger partial charge >= 0.3 is 0 Å². The second kappa shape index (κ2) is 3.41. The van der Waals surface area contributed by atoms with Crippen LogP contribution in [0.5, 0.6) is 0 Å². The predicted molar refractivity (Wildman–Crippen MR) is 59.2 cm³/mol. The van der Waals surface area contributed by atoms with E-state index in [-0.39, 0.29) is 0 Å². The number of anilines is 1. The van der Waals surface area contributed by atoms with Gasteiger partial charge in [-0.15, -0.1) is 0 Å². The quantitative estimate of drug-likeness (QED) is 0.655. The molecule has 0 spiro atoms. The van der Waals surface area contributed by atoms with Crippen LogP contribution in [0.15, 0.2) is 0 Å². The van der Waals surface area contributed by atoms with E-state index in [1.165, 1.54) is 27.8 Å². The second-order valence-corrected chi connectivity index (χ2v) is 3.75. The first-order chi connectivity index (χ1) is 6.00. The highest BCUT2D eigenvalue weighted by Crippen LogP contribution is 2.28. The first kappa shape index (κ1) is 10.1. The molecule has 0 heterocycles. The fourth-order valence-corrected chi connectivity index (χ4v) is 1.96. The van der Waals surface area contributed by atoms with Crippen LogP contribution >= 0.6 is 0 Å². The van der Waals surface area contributed by atoms with Crippen LogP contribution in [0.25, 0.3) is 0 Å². The maximum absolute atomic E-state index is 6.03. The number of hydrogen-bond acceptors (Lipinski definition) is 1. The van der Waals surface area contributed by atoms with Gasteiger partial charge in [0.05, 0.1) is 0 Å². The van der Waals surface area contributed by atoms with Crippen LogP contribution in [0, 0.1) is 27.7 Å². The lowest BCUT2D eigenvalue weighted by molar-refractivity contribution is 1.06. The van der Waals surface area contributed by atoms with E-state index in [4.69, 9.17) is 5.73 Å². The summed E-state index contributed by atoms with van der Waals surface area (Å²) in [6, 6.07) is 0. The molecule has 0 fully saturated rings. The maximum Gasteiger partial charge on any atom is 0.0379 e. The summed E-state index contributed by atoms with van der Waals surface area (Å²) < 4.78 is 0. The van der Waals surface area contributed by atoms with Crippen LogP contribution in [-0.2, 0) is 6.42 Å². The Morgan fingerprint density at radius 3 is 1.85 bits per heavy atom. The number of hydrogen-bond donors (Lipinski definition) is 1. The van der Waals surface area contributed by atoms with Crippen LogP contribution in [0.3, 0.4) is 0 Å². The molecular formula is C12H19N. The van der Waals surface area contributed by atoms with Crippen LogP contribution in [0.1, 0.15) is 34.7 Å². The largest absolute Gasteiger partial charge is 0.398 e. The summed E-state index contributed by atoms with van der Waals surface area (Å²) in [5.41, 5.74) is 13.7. The third kappa shape index (κ3) is 1.43. The van der Waals surface area contributed by atoms with Crippen molar-refractivity contribution < 1.29 is 0 Å². The molecule has 1 nitrogen and oxygen atoms in total. The first-order valence-corrected chi connectivity index (χ1v) is 4.85. The van der Waals surface area contributed by atoms with Crippen molar-refractivity contribution in [3.8, 4) is 0 Å². The predicted octanol–water partition coefficient (Wildman–Crippen LogP) is 3.06. The molecule has 0 aromatic heterocycles. The highest BCUT2D eigenvalue weighted by molar-refractivity contribution is 5.62. The van der Waals surface area contributed by atoms with E-state index in [1.807, 2.05) is 0 Å². The fourth-order valence-electron chi connectivity index (χ4n) is 1.96. The molecule has 2 N–H and O–H groups in total. The second-order valence-electron chi connectivity index (χ2n) is 3.75. The van der Waals surface area contributed by atoms with Gasteiger partial charge in [0.25, 0.3) is 0 Å². The Morgan fingerprint density at radius 1 is 0.846 bits per heavy atom. The number of benzene rings is 1. The molecule has 0 unspecified atom stereocenters. The van der Waals surface area contributed by atoms with Crippen molar-refractivity contribution in [1.82, 2.24) is 0 Å². The average Bonchev–Trinajstić information content (AvgIpc) is 2.13. The first-order valence-electron chi connectivity index (χ1n) is 4.85. The van der Waals surface area contributed by atoms with Gasteiger partial charge in [0, 0.05) is 5.69 Å². The van der Waals surface area contributed by atoms with Crippen molar-refractivity contribution in [3.63, 3.8) is 0 Å². The molecule has 1 rings (SSSR count). The molecule has 1 aromatic rings. The Kier molecular flexibility index (Phi) is 2.65. The van der Waals surface area contributed by atoms with Crippen LogP contribution in [0.4, 0.5) is 5.69 Å². The van der Waals surface area contributed by atoms with Crippen LogP contribution in [0.2, 0.25) is 0 Å². The topological polar surface area (TPSA) is 26.0 Å². The normalized spacial score (nSPS) is 10.5. The summed E-state index contributed by atoms with van der Waals surface area (Å²) in [6.07, 6.45) is 1.07. The molecule has 0 aliphatic carbocycles. The lowest BCUT2D eigenvalue weighted by atomic mass is 9.91. The zero-order chi connectivity index (χ0) is 10.2. The maximum atomic E-state index is 6.03. The molecule has 0 atom stereocenters. The monoisotopic (exact) mass is 177 g/mol. The van der Waals surface area contributed by atoms with Crippen molar-refractivity contribution in [2.24, 2.45) is 0 Å². The molecule has 1 aromatic carbocycles. The standard InChI is InChI=1S/C12H19N/c1-6-11-8(3)7(2)9(4)12(13)10(11)5/h6,13H2,1-5H3. The van der Waals surface area contributed by atoms with E-state index in [0.717, 1.165) is 12.1 Å². The number of nitrogen functional groups attached to an aromatic ring is 1. The SMILES string of the molecule is CCc1c(C)c(C)c(C)c(N)c1C. The molecule has 0 aliphatic heterocycles. The summed E-state index contributed by atoms with van der Waals surface area (Å²) in [7, 11) is 0. The zero-order valence-corrected chi connectivity index (χ0v) is 9.28. The Labute approximate surface area is 81.0 Å². The van der Waals surface area contributed by atoms with Gasteiger partial charge in [0.1, 0.15) is 0 Å². The molecule has 0 amide bonds. The zero-order valence-electron chi connectivity index (χ0n) is 9.28. The summed E-state index contributed by atoms with van der Waals surface area (Å²) in [4.78, 5) is 0. The number of nitrogens with two attached hydrogens (primary N) is 1. The minimum atomic E-state index is 0.972. The lowest BCUT2D eigenvalue weighted by Crippen LogP contribution is -2.03. The van der Waals surface area contributed by atoms with E-state index in [2.05, 4.69) is 34.6 Å². The van der Waals surface area contributed by atoms with Crippen LogP contribution in [-0.4, -0.2) is 0 Å². The van der Waals surface area contributed by atoms with Gasteiger partial charge in [-0.2, -0.15) is 0 Å². The van der Waals surface area contributed by atoms with Crippen molar-refractivity contribution in [2.75, 3.05) is 5.73 Å². The molecule has 1 heteroatoms. The lowest BCUT2D eigenvalue weighted by Gasteiger charge is -2.16. The highest BCUT2D eigenvalue weighted by atomic mass is 14.6. The summed E-state index contributed by atoms with van der Waals surface area (Å²) in [6.45, 7) is 10.7. The van der Waals surface area contributed by atoms with E-state index < -0.39 is 0 Å². The van der Waals surface area contributed by atoms with Crippen molar-refractivity contribution >= 4 is 5.69 Å². The van der Waals surface area contributed by atoms with Gasteiger partial charge in [0.2, 0.25) is 0 Å². The van der Waals surface area contributed by atoms with E-state index in [9.17, 15) is 0 Å². The fraction of sp³-hybridized carbons (Fsp3) is 0.500. The smallest absolute Gasteiger partial charge is 0.0379 e. The molecule has 0 aliphatic rings. The molecule has 0 saturated heterocycles. The third-order valence-corrected chi connectivity index (χ3v) is 3.19. The van der Waals surface area contributed by atoms with Gasteiger partial charge in [-0.05, 0) is 61.9 Å². The Morgan fingerprint density at radius 2 is 1.38 bits per heavy atom. The third-order valence-electron chi connectivity index (χ3n) is 3.19. The van der Waals surface area contributed by atoms with E-state index in [0.29, 0.717) is 0 Å². The molecule has 0 saturated carbocycles. The summed E-state index contributed by atoms with van der Waals surface area (Å²) in [5.74, 6) is 0. The van der Waals surface area contributed by atoms with Gasteiger partial charge in [0.15, 0.2) is 0 Å². The summed E-state index contributed by atoms with van der Waals surface area (Å²) >= 11 is 0. The minimum absolute atomic E-state index is 0.972. The molecule has 72 valence electrons. The molecule has 13 heavy (non-hydrogen) atoms. The van der Waals surface area contributed by atoms with Crippen molar-refractivity contribution in [3.05, 3.63) is 27.8 Å². The Bertz CT molecular complexity index is 308. The molecular weight excluding hydrogens is 158 g/mol. The van der Waals surface area contributed by atoms with Crippen molar-refractivity contribution in [1.29, 1.82) is 0 Å².